The number of hydrogen-bond donors (Lipinski definition) is 2. The van der Waals surface area contributed by atoms with Gasteiger partial charge in [-0.15, -0.1) is 0 Å². The molecule has 0 unspecified atom stereocenters. The number of hydrogen-bond acceptors (Lipinski definition) is 7. The van der Waals surface area contributed by atoms with Crippen LogP contribution in [0.2, 0.25) is 0 Å². The third-order valence-corrected chi connectivity index (χ3v) is 4.66. The molecule has 1 aliphatic rings. The monoisotopic (exact) mass is 393 g/mol. The van der Waals surface area contributed by atoms with Gasteiger partial charge in [-0.1, -0.05) is 6.07 Å². The highest BCUT2D eigenvalue weighted by Gasteiger charge is 2.21. The standard InChI is InChI=1S/C20H23N7O2/c1-13-23-20(26(2)25-13)17-12-27-6-8-29-18-9-14(3-4-16(18)19(27)24-17)15(10-21)11-22-5-7-28/h3-4,9-12,28H,5-8,21H2,1-2H3. The summed E-state index contributed by atoms with van der Waals surface area (Å²) in [5.41, 5.74) is 9.09. The number of allylic oxidation sites excluding steroid dienone is 1. The third kappa shape index (κ3) is 3.64. The molecule has 2 aromatic heterocycles. The largest absolute Gasteiger partial charge is 0.491 e. The molecule has 3 heterocycles. The topological polar surface area (TPSA) is 116 Å². The lowest BCUT2D eigenvalue weighted by molar-refractivity contribution is 0.306. The van der Waals surface area contributed by atoms with Gasteiger partial charge in [0.1, 0.15) is 29.7 Å². The predicted molar refractivity (Wildman–Crippen MR) is 111 cm³/mol. The molecule has 1 aromatic carbocycles. The highest BCUT2D eigenvalue weighted by atomic mass is 16.5. The minimum atomic E-state index is -0.00229. The van der Waals surface area contributed by atoms with Gasteiger partial charge in [0.15, 0.2) is 5.82 Å². The predicted octanol–water partition coefficient (Wildman–Crippen LogP) is 1.41. The Kier molecular flexibility index (Phi) is 5.13. The number of aliphatic hydroxyl groups is 1. The Labute approximate surface area is 168 Å². The van der Waals surface area contributed by atoms with Gasteiger partial charge in [0.25, 0.3) is 0 Å². The van der Waals surface area contributed by atoms with Crippen molar-refractivity contribution >= 4 is 11.8 Å². The molecule has 3 N–H and O–H groups in total. The summed E-state index contributed by atoms with van der Waals surface area (Å²) in [4.78, 5) is 13.5. The van der Waals surface area contributed by atoms with Crippen molar-refractivity contribution in [3.63, 3.8) is 0 Å². The maximum absolute atomic E-state index is 8.90. The van der Waals surface area contributed by atoms with E-state index in [0.717, 1.165) is 39.8 Å². The summed E-state index contributed by atoms with van der Waals surface area (Å²) in [5.74, 6) is 3.01. The van der Waals surface area contributed by atoms with Crippen LogP contribution < -0.4 is 10.5 Å². The van der Waals surface area contributed by atoms with E-state index >= 15 is 0 Å². The van der Waals surface area contributed by atoms with Gasteiger partial charge >= 0.3 is 0 Å². The Hall–Kier alpha value is -3.46. The molecule has 29 heavy (non-hydrogen) atoms. The Bertz CT molecular complexity index is 1090. The van der Waals surface area contributed by atoms with Gasteiger partial charge in [-0.3, -0.25) is 4.99 Å². The number of nitrogens with zero attached hydrogens (tertiary/aromatic N) is 6. The first-order chi connectivity index (χ1) is 14.1. The number of aliphatic hydroxyl groups excluding tert-OH is 1. The molecule has 0 aliphatic carbocycles. The van der Waals surface area contributed by atoms with Gasteiger partial charge in [-0.25, -0.2) is 14.6 Å². The van der Waals surface area contributed by atoms with Gasteiger partial charge in [0.2, 0.25) is 0 Å². The number of imidazole rings is 1. The number of rotatable bonds is 5. The van der Waals surface area contributed by atoms with Crippen molar-refractivity contribution in [2.24, 2.45) is 17.8 Å². The maximum Gasteiger partial charge on any atom is 0.178 e. The van der Waals surface area contributed by atoms with Crippen molar-refractivity contribution in [3.05, 3.63) is 42.0 Å². The lowest BCUT2D eigenvalue weighted by Gasteiger charge is -2.09. The van der Waals surface area contributed by atoms with E-state index in [1.807, 2.05) is 38.4 Å². The van der Waals surface area contributed by atoms with Gasteiger partial charge < -0.3 is 20.1 Å². The molecule has 0 radical (unpaired) electrons. The van der Waals surface area contributed by atoms with Crippen LogP contribution in [0.1, 0.15) is 11.4 Å². The molecule has 9 nitrogen and oxygen atoms in total. The van der Waals surface area contributed by atoms with E-state index in [1.54, 1.807) is 10.9 Å². The number of aromatic nitrogens is 5. The molecule has 0 amide bonds. The van der Waals surface area contributed by atoms with E-state index in [4.69, 9.17) is 20.6 Å². The van der Waals surface area contributed by atoms with Crippen LogP contribution in [0.3, 0.4) is 0 Å². The summed E-state index contributed by atoms with van der Waals surface area (Å²) in [5, 5.41) is 13.2. The van der Waals surface area contributed by atoms with Crippen LogP contribution in [0.25, 0.3) is 28.5 Å². The molecule has 0 spiro atoms. The summed E-state index contributed by atoms with van der Waals surface area (Å²) in [6.45, 7) is 3.40. The second kappa shape index (κ2) is 7.88. The first-order valence-corrected chi connectivity index (χ1v) is 9.36. The molecule has 0 saturated heterocycles. The second-order valence-corrected chi connectivity index (χ2v) is 6.69. The highest BCUT2D eigenvalue weighted by Crippen LogP contribution is 2.35. The van der Waals surface area contributed by atoms with Crippen LogP contribution >= 0.6 is 0 Å². The third-order valence-electron chi connectivity index (χ3n) is 4.66. The van der Waals surface area contributed by atoms with Crippen LogP contribution in [0.15, 0.2) is 35.6 Å². The quantitative estimate of drug-likeness (QED) is 0.633. The molecular weight excluding hydrogens is 370 g/mol. The van der Waals surface area contributed by atoms with E-state index < -0.39 is 0 Å². The van der Waals surface area contributed by atoms with Gasteiger partial charge in [-0.05, 0) is 24.6 Å². The average Bonchev–Trinajstić information content (AvgIpc) is 3.23. The van der Waals surface area contributed by atoms with Crippen molar-refractivity contribution < 1.29 is 9.84 Å². The second-order valence-electron chi connectivity index (χ2n) is 6.69. The summed E-state index contributed by atoms with van der Waals surface area (Å²) >= 11 is 0. The summed E-state index contributed by atoms with van der Waals surface area (Å²) in [6, 6.07) is 5.88. The minimum Gasteiger partial charge on any atom is -0.491 e. The maximum atomic E-state index is 8.90. The van der Waals surface area contributed by atoms with E-state index in [-0.39, 0.29) is 6.61 Å². The minimum absolute atomic E-state index is 0.00229. The summed E-state index contributed by atoms with van der Waals surface area (Å²) in [6.07, 6.45) is 5.14. The van der Waals surface area contributed by atoms with Gasteiger partial charge in [0, 0.05) is 31.2 Å². The SMILES string of the molecule is Cc1nc(-c2cn3c(n2)-c2ccc(C(C=NCCO)=CN)cc2OCC3)n(C)n1. The molecule has 150 valence electrons. The number of nitrogens with two attached hydrogens (primary N) is 1. The van der Waals surface area contributed by atoms with E-state index in [1.165, 1.54) is 6.20 Å². The van der Waals surface area contributed by atoms with Crippen LogP contribution in [-0.4, -0.2) is 55.4 Å². The number of aliphatic imine (C=N–C) groups is 1. The molecular formula is C20H23N7O2. The lowest BCUT2D eigenvalue weighted by atomic mass is 10.0. The number of fused-ring (bicyclic) bond motifs is 3. The van der Waals surface area contributed by atoms with Crippen molar-refractivity contribution in [2.75, 3.05) is 19.8 Å². The van der Waals surface area contributed by atoms with Gasteiger partial charge in [-0.2, -0.15) is 5.10 Å². The fraction of sp³-hybridized carbons (Fsp3) is 0.300. The number of ether oxygens (including phenoxy) is 1. The highest BCUT2D eigenvalue weighted by molar-refractivity contribution is 6.09. The van der Waals surface area contributed by atoms with Gasteiger partial charge in [0.05, 0.1) is 25.3 Å². The van der Waals surface area contributed by atoms with Crippen LogP contribution in [0.5, 0.6) is 5.75 Å². The first-order valence-electron chi connectivity index (χ1n) is 9.36. The molecule has 9 heteroatoms. The lowest BCUT2D eigenvalue weighted by Crippen LogP contribution is -2.04. The zero-order valence-corrected chi connectivity index (χ0v) is 16.4. The Morgan fingerprint density at radius 1 is 1.34 bits per heavy atom. The molecule has 0 saturated carbocycles. The molecule has 0 atom stereocenters. The molecule has 0 bridgehead atoms. The van der Waals surface area contributed by atoms with Crippen molar-refractivity contribution in [1.29, 1.82) is 0 Å². The zero-order chi connectivity index (χ0) is 20.4. The number of aryl methyl sites for hydroxylation is 2. The Morgan fingerprint density at radius 3 is 2.93 bits per heavy atom. The fourth-order valence-electron chi connectivity index (χ4n) is 3.34. The van der Waals surface area contributed by atoms with Crippen molar-refractivity contribution in [2.45, 2.75) is 13.5 Å². The normalized spacial score (nSPS) is 13.8. The van der Waals surface area contributed by atoms with Crippen LogP contribution in [0.4, 0.5) is 0 Å². The first kappa shape index (κ1) is 18.9. The molecule has 4 rings (SSSR count). The molecule has 1 aliphatic heterocycles. The zero-order valence-electron chi connectivity index (χ0n) is 16.4. The van der Waals surface area contributed by atoms with Crippen molar-refractivity contribution in [3.8, 4) is 28.7 Å². The van der Waals surface area contributed by atoms with E-state index in [2.05, 4.69) is 19.6 Å². The van der Waals surface area contributed by atoms with E-state index in [9.17, 15) is 0 Å². The van der Waals surface area contributed by atoms with Crippen LogP contribution in [-0.2, 0) is 13.6 Å². The Morgan fingerprint density at radius 2 is 2.21 bits per heavy atom. The van der Waals surface area contributed by atoms with E-state index in [0.29, 0.717) is 25.5 Å². The molecule has 3 aromatic rings. The molecule has 0 fully saturated rings. The summed E-state index contributed by atoms with van der Waals surface area (Å²) < 4.78 is 9.79. The Balaban J connectivity index is 1.73. The summed E-state index contributed by atoms with van der Waals surface area (Å²) in [7, 11) is 1.86. The smallest absolute Gasteiger partial charge is 0.178 e. The van der Waals surface area contributed by atoms with Crippen LogP contribution in [0, 0.1) is 6.92 Å². The average molecular weight is 393 g/mol. The number of benzene rings is 1. The van der Waals surface area contributed by atoms with Crippen molar-refractivity contribution in [1.82, 2.24) is 24.3 Å². The fourth-order valence-corrected chi connectivity index (χ4v) is 3.34.